The number of hydrogen-bond acceptors (Lipinski definition) is 10. The minimum atomic E-state index is -2.02. The Bertz CT molecular complexity index is 1120. The van der Waals surface area contributed by atoms with E-state index in [0.717, 1.165) is 24.8 Å². The zero-order valence-corrected chi connectivity index (χ0v) is 29.9. The molecule has 0 saturated heterocycles. The van der Waals surface area contributed by atoms with E-state index in [1.54, 1.807) is 6.33 Å². The van der Waals surface area contributed by atoms with Gasteiger partial charge in [-0.25, -0.2) is 19.7 Å². The fraction of sp³-hybridized carbons (Fsp3) is 0.788. The van der Waals surface area contributed by atoms with Gasteiger partial charge in [-0.15, -0.1) is 0 Å². The molecule has 0 aliphatic heterocycles. The van der Waals surface area contributed by atoms with Crippen molar-refractivity contribution in [1.29, 1.82) is 0 Å². The average Bonchev–Trinajstić information content (AvgIpc) is 3.42. The molecule has 0 aliphatic rings. The SMILES string of the molecule is CCCCCCCCCCCCCCCCOCCCC(O[C@H](C)Cn1cnc2c(N)ncnc21)=[P+]([O-])COC(=O)SC(C)C. The van der Waals surface area contributed by atoms with E-state index in [-0.39, 0.29) is 17.7 Å². The van der Waals surface area contributed by atoms with E-state index in [0.29, 0.717) is 48.5 Å². The van der Waals surface area contributed by atoms with Gasteiger partial charge in [0, 0.05) is 24.9 Å². The van der Waals surface area contributed by atoms with Gasteiger partial charge in [0.05, 0.1) is 19.0 Å². The first-order valence-corrected chi connectivity index (χ1v) is 19.4. The molecule has 0 amide bonds. The summed E-state index contributed by atoms with van der Waals surface area (Å²) < 4.78 is 19.1. The van der Waals surface area contributed by atoms with Gasteiger partial charge in [0.1, 0.15) is 19.6 Å². The quantitative estimate of drug-likeness (QED) is 0.0593. The van der Waals surface area contributed by atoms with Crippen molar-refractivity contribution >= 4 is 47.3 Å². The van der Waals surface area contributed by atoms with Gasteiger partial charge < -0.3 is 29.4 Å². The molecule has 0 aromatic carbocycles. The summed E-state index contributed by atoms with van der Waals surface area (Å²) in [6.45, 7) is 9.71. The van der Waals surface area contributed by atoms with Gasteiger partial charge in [0.2, 0.25) is 11.8 Å². The maximum atomic E-state index is 13.1. The maximum Gasteiger partial charge on any atom is 0.370 e. The highest BCUT2D eigenvalue weighted by Gasteiger charge is 2.19. The van der Waals surface area contributed by atoms with Crippen LogP contribution < -0.4 is 10.6 Å². The van der Waals surface area contributed by atoms with E-state index in [2.05, 4.69) is 21.9 Å². The van der Waals surface area contributed by atoms with Crippen molar-refractivity contribution < 1.29 is 23.9 Å². The second-order valence-electron chi connectivity index (χ2n) is 12.0. The van der Waals surface area contributed by atoms with Crippen LogP contribution in [0.2, 0.25) is 0 Å². The number of nitrogen functional groups attached to an aromatic ring is 1. The minimum absolute atomic E-state index is 0.0924. The van der Waals surface area contributed by atoms with Crippen LogP contribution in [0.5, 0.6) is 0 Å². The number of imidazole rings is 1. The van der Waals surface area contributed by atoms with E-state index in [1.165, 1.54) is 89.8 Å². The van der Waals surface area contributed by atoms with Gasteiger partial charge in [0.15, 0.2) is 11.5 Å². The standard InChI is InChI=1S/C33H58N5O5PS/c1-5-6-7-8-9-10-11-12-13-14-15-16-17-18-21-41-22-19-20-29(44(40)26-42-33(39)45-27(2)3)43-28(4)23-38-25-37-30-31(34)35-24-36-32(30)38/h24-25,27-28H,5-23,26H2,1-4H3,(H2,34,35,36)/t28-/m1/s1. The summed E-state index contributed by atoms with van der Waals surface area (Å²) in [6.07, 6.45) is 22.3. The fourth-order valence-corrected chi connectivity index (χ4v) is 6.74. The van der Waals surface area contributed by atoms with Gasteiger partial charge in [-0.2, -0.15) is 0 Å². The summed E-state index contributed by atoms with van der Waals surface area (Å²) in [5.41, 5.74) is 7.48. The monoisotopic (exact) mass is 667 g/mol. The van der Waals surface area contributed by atoms with Crippen molar-refractivity contribution in [1.82, 2.24) is 19.5 Å². The second-order valence-corrected chi connectivity index (χ2v) is 15.1. The number of fused-ring (bicyclic) bond motifs is 1. The van der Waals surface area contributed by atoms with E-state index >= 15 is 0 Å². The van der Waals surface area contributed by atoms with Crippen LogP contribution >= 0.6 is 19.5 Å². The highest BCUT2D eigenvalue weighted by atomic mass is 32.2. The average molecular weight is 668 g/mol. The summed E-state index contributed by atoms with van der Waals surface area (Å²) in [6, 6.07) is 0. The molecule has 2 N–H and O–H groups in total. The summed E-state index contributed by atoms with van der Waals surface area (Å²) in [7, 11) is -2.02. The molecule has 0 saturated carbocycles. The number of thioether (sulfide) groups is 1. The van der Waals surface area contributed by atoms with Crippen LogP contribution in [0.15, 0.2) is 12.7 Å². The van der Waals surface area contributed by atoms with Crippen molar-refractivity contribution in [2.75, 3.05) is 25.3 Å². The Morgan fingerprint density at radius 3 is 2.13 bits per heavy atom. The molecule has 1 unspecified atom stereocenters. The van der Waals surface area contributed by atoms with Crippen LogP contribution in [-0.2, 0) is 20.8 Å². The Morgan fingerprint density at radius 2 is 1.51 bits per heavy atom. The lowest BCUT2D eigenvalue weighted by Crippen LogP contribution is -2.22. The van der Waals surface area contributed by atoms with Crippen LogP contribution in [0.25, 0.3) is 11.2 Å². The highest BCUT2D eigenvalue weighted by molar-refractivity contribution is 8.13. The lowest BCUT2D eigenvalue weighted by molar-refractivity contribution is -0.156. The Kier molecular flexibility index (Phi) is 21.4. The van der Waals surface area contributed by atoms with Gasteiger partial charge in [-0.3, -0.25) is 0 Å². The topological polar surface area (TPSA) is 137 Å². The highest BCUT2D eigenvalue weighted by Crippen LogP contribution is 2.23. The third kappa shape index (κ3) is 17.6. The first-order chi connectivity index (χ1) is 21.8. The summed E-state index contributed by atoms with van der Waals surface area (Å²) >= 11 is 1.08. The number of aromatic nitrogens is 4. The second kappa shape index (κ2) is 24.4. The molecular weight excluding hydrogens is 609 g/mol. The van der Waals surface area contributed by atoms with Crippen molar-refractivity contribution in [3.8, 4) is 0 Å². The molecule has 0 aliphatic carbocycles. The predicted octanol–water partition coefficient (Wildman–Crippen LogP) is 8.21. The molecule has 0 bridgehead atoms. The number of carbonyl (C=O) groups is 1. The van der Waals surface area contributed by atoms with Crippen molar-refractivity contribution in [2.45, 2.75) is 148 Å². The molecule has 2 atom stereocenters. The third-order valence-electron chi connectivity index (χ3n) is 7.45. The summed E-state index contributed by atoms with van der Waals surface area (Å²) in [5, 5.41) is -0.339. The minimum Gasteiger partial charge on any atom is -0.626 e. The molecule has 45 heavy (non-hydrogen) atoms. The number of ether oxygens (including phenoxy) is 3. The van der Waals surface area contributed by atoms with Crippen LogP contribution in [-0.4, -0.2) is 61.2 Å². The van der Waals surface area contributed by atoms with E-state index in [1.807, 2.05) is 25.3 Å². The van der Waals surface area contributed by atoms with Gasteiger partial charge >= 0.3 is 5.30 Å². The number of hydrogen-bond donors (Lipinski definition) is 1. The lowest BCUT2D eigenvalue weighted by Gasteiger charge is -2.16. The summed E-state index contributed by atoms with van der Waals surface area (Å²) in [5.74, 6) is 0.317. The van der Waals surface area contributed by atoms with Crippen molar-refractivity contribution in [3.05, 3.63) is 12.7 Å². The third-order valence-corrected chi connectivity index (χ3v) is 9.48. The summed E-state index contributed by atoms with van der Waals surface area (Å²) in [4.78, 5) is 37.7. The smallest absolute Gasteiger partial charge is 0.370 e. The van der Waals surface area contributed by atoms with E-state index in [4.69, 9.17) is 19.9 Å². The Balaban J connectivity index is 1.67. The zero-order valence-electron chi connectivity index (χ0n) is 28.2. The largest absolute Gasteiger partial charge is 0.626 e. The van der Waals surface area contributed by atoms with E-state index < -0.39 is 13.1 Å². The number of rotatable bonds is 26. The number of carbonyl (C=O) groups excluding carboxylic acids is 1. The Hall–Kier alpha value is -1.78. The first kappa shape index (κ1) is 39.4. The lowest BCUT2D eigenvalue weighted by atomic mass is 10.0. The maximum absolute atomic E-state index is 13.1. The number of nitrogens with zero attached hydrogens (tertiary/aromatic N) is 4. The number of anilines is 1. The molecule has 0 spiro atoms. The fourth-order valence-electron chi connectivity index (χ4n) is 5.06. The molecule has 2 rings (SSSR count). The Labute approximate surface area is 276 Å². The normalized spacial score (nSPS) is 13.0. The van der Waals surface area contributed by atoms with Crippen molar-refractivity contribution in [3.63, 3.8) is 0 Å². The molecular formula is C33H58N5O5PS. The van der Waals surface area contributed by atoms with E-state index in [9.17, 15) is 9.69 Å². The van der Waals surface area contributed by atoms with Gasteiger partial charge in [-0.1, -0.05) is 104 Å². The zero-order chi connectivity index (χ0) is 32.7. The van der Waals surface area contributed by atoms with Crippen LogP contribution in [0.3, 0.4) is 0 Å². The Morgan fingerprint density at radius 1 is 0.911 bits per heavy atom. The molecule has 10 nitrogen and oxygen atoms in total. The van der Waals surface area contributed by atoms with Crippen molar-refractivity contribution in [2.24, 2.45) is 0 Å². The van der Waals surface area contributed by atoms with Crippen LogP contribution in [0.1, 0.15) is 130 Å². The van der Waals surface area contributed by atoms with Crippen LogP contribution in [0, 0.1) is 0 Å². The molecule has 12 heteroatoms. The number of nitrogens with two attached hydrogens (primary N) is 1. The molecule has 2 aromatic rings. The van der Waals surface area contributed by atoms with Crippen LogP contribution in [0.4, 0.5) is 10.6 Å². The molecule has 2 aromatic heterocycles. The molecule has 256 valence electrons. The predicted molar refractivity (Wildman–Crippen MR) is 187 cm³/mol. The van der Waals surface area contributed by atoms with Gasteiger partial charge in [-0.05, 0) is 31.5 Å². The molecule has 2 heterocycles. The molecule has 0 fully saturated rings. The van der Waals surface area contributed by atoms with Gasteiger partial charge in [0.25, 0.3) is 0 Å². The first-order valence-electron chi connectivity index (χ1n) is 17.1. The molecule has 0 radical (unpaired) electrons. The number of unbranched alkanes of at least 4 members (excludes halogenated alkanes) is 13.